The van der Waals surface area contributed by atoms with E-state index in [0.29, 0.717) is 36.7 Å². The lowest BCUT2D eigenvalue weighted by atomic mass is 9.97. The Hall–Kier alpha value is -3.11. The van der Waals surface area contributed by atoms with Gasteiger partial charge in [0, 0.05) is 24.3 Å². The van der Waals surface area contributed by atoms with Gasteiger partial charge in [-0.15, -0.1) is 0 Å². The predicted molar refractivity (Wildman–Crippen MR) is 130 cm³/mol. The number of anilines is 1. The molecule has 0 aliphatic carbocycles. The summed E-state index contributed by atoms with van der Waals surface area (Å²) in [6, 6.07) is 12.4. The molecule has 0 aromatic heterocycles. The van der Waals surface area contributed by atoms with Gasteiger partial charge in [0.05, 0.1) is 17.4 Å². The van der Waals surface area contributed by atoms with E-state index in [4.69, 9.17) is 10.5 Å². The van der Waals surface area contributed by atoms with Crippen LogP contribution in [0.2, 0.25) is 0 Å². The van der Waals surface area contributed by atoms with Gasteiger partial charge in [0.15, 0.2) is 0 Å². The Morgan fingerprint density at radius 1 is 1.12 bits per heavy atom. The number of piperidine rings is 1. The number of nitrogens with two attached hydrogens (primary N) is 1. The number of rotatable bonds is 11. The normalized spacial score (nSPS) is 16.6. The minimum atomic E-state index is -3.79. The van der Waals surface area contributed by atoms with E-state index in [1.165, 1.54) is 24.3 Å². The fraction of sp³-hybridized carbons (Fsp3) is 0.417. The van der Waals surface area contributed by atoms with Gasteiger partial charge < -0.3 is 20.7 Å². The number of nitrogens with one attached hydrogen (secondary N) is 2. The highest BCUT2D eigenvalue weighted by Crippen LogP contribution is 2.20. The van der Waals surface area contributed by atoms with Crippen LogP contribution in [0.3, 0.4) is 0 Å². The van der Waals surface area contributed by atoms with E-state index in [-0.39, 0.29) is 22.6 Å². The third-order valence-corrected chi connectivity index (χ3v) is 7.09. The topological polar surface area (TPSA) is 131 Å². The number of primary amides is 1. The SMILES string of the molecule is CCOc1ccc(NS(=O)(=O)c2ccc(C(=O)NCCCN3CCCC(C(N)=O)C3)cc2)cc1. The van der Waals surface area contributed by atoms with Crippen LogP contribution in [0.25, 0.3) is 0 Å². The lowest BCUT2D eigenvalue weighted by molar-refractivity contribution is -0.123. The monoisotopic (exact) mass is 488 g/mol. The van der Waals surface area contributed by atoms with E-state index < -0.39 is 10.0 Å². The summed E-state index contributed by atoms with van der Waals surface area (Å²) in [5.74, 6) is 0.0453. The average molecular weight is 489 g/mol. The number of ether oxygens (including phenoxy) is 1. The molecule has 1 aliphatic rings. The Morgan fingerprint density at radius 3 is 2.47 bits per heavy atom. The number of carbonyl (C=O) groups excluding carboxylic acids is 2. The van der Waals surface area contributed by atoms with E-state index in [1.807, 2.05) is 6.92 Å². The van der Waals surface area contributed by atoms with Gasteiger partial charge in [0.25, 0.3) is 15.9 Å². The fourth-order valence-electron chi connectivity index (χ4n) is 3.88. The van der Waals surface area contributed by atoms with Crippen LogP contribution in [0.4, 0.5) is 5.69 Å². The summed E-state index contributed by atoms with van der Waals surface area (Å²) in [7, 11) is -3.79. The minimum absolute atomic E-state index is 0.0621. The van der Waals surface area contributed by atoms with Gasteiger partial charge in [-0.3, -0.25) is 14.3 Å². The van der Waals surface area contributed by atoms with E-state index in [0.717, 1.165) is 32.4 Å². The van der Waals surface area contributed by atoms with Crippen LogP contribution in [-0.4, -0.2) is 57.9 Å². The van der Waals surface area contributed by atoms with Crippen molar-refractivity contribution in [3.63, 3.8) is 0 Å². The number of amides is 2. The molecule has 1 saturated heterocycles. The van der Waals surface area contributed by atoms with Gasteiger partial charge in [-0.25, -0.2) is 8.42 Å². The summed E-state index contributed by atoms with van der Waals surface area (Å²) in [6.07, 6.45) is 2.53. The summed E-state index contributed by atoms with van der Waals surface area (Å²) in [6.45, 7) is 5.26. The van der Waals surface area contributed by atoms with Crippen molar-refractivity contribution in [2.24, 2.45) is 11.7 Å². The molecule has 184 valence electrons. The maximum absolute atomic E-state index is 12.6. The molecule has 0 saturated carbocycles. The Bertz CT molecular complexity index is 1070. The summed E-state index contributed by atoms with van der Waals surface area (Å²) < 4.78 is 33.2. The lowest BCUT2D eigenvalue weighted by Gasteiger charge is -2.31. The second-order valence-electron chi connectivity index (χ2n) is 8.24. The zero-order valence-corrected chi connectivity index (χ0v) is 20.1. The zero-order valence-electron chi connectivity index (χ0n) is 19.3. The Balaban J connectivity index is 1.47. The molecular formula is C24H32N4O5S. The van der Waals surface area contributed by atoms with E-state index in [1.54, 1.807) is 24.3 Å². The fourth-order valence-corrected chi connectivity index (χ4v) is 4.94. The number of likely N-dealkylation sites (tertiary alicyclic amines) is 1. The number of carbonyl (C=O) groups is 2. The van der Waals surface area contributed by atoms with E-state index >= 15 is 0 Å². The van der Waals surface area contributed by atoms with Gasteiger partial charge in [-0.1, -0.05) is 0 Å². The summed E-state index contributed by atoms with van der Waals surface area (Å²) in [5, 5.41) is 2.85. The molecule has 0 bridgehead atoms. The minimum Gasteiger partial charge on any atom is -0.494 e. The van der Waals surface area contributed by atoms with Gasteiger partial charge in [0.2, 0.25) is 5.91 Å². The van der Waals surface area contributed by atoms with E-state index in [9.17, 15) is 18.0 Å². The Labute approximate surface area is 200 Å². The van der Waals surface area contributed by atoms with Crippen LogP contribution >= 0.6 is 0 Å². The predicted octanol–water partition coefficient (Wildman–Crippen LogP) is 2.20. The van der Waals surface area contributed by atoms with Gasteiger partial charge >= 0.3 is 0 Å². The third-order valence-electron chi connectivity index (χ3n) is 5.69. The molecule has 1 fully saturated rings. The summed E-state index contributed by atoms with van der Waals surface area (Å²) >= 11 is 0. The first kappa shape index (κ1) is 25.5. The molecule has 1 unspecified atom stereocenters. The second-order valence-corrected chi connectivity index (χ2v) is 9.92. The third kappa shape index (κ3) is 7.19. The largest absolute Gasteiger partial charge is 0.494 e. The highest BCUT2D eigenvalue weighted by Gasteiger charge is 2.23. The molecule has 0 radical (unpaired) electrons. The Morgan fingerprint density at radius 2 is 1.82 bits per heavy atom. The number of sulfonamides is 1. The standard InChI is InChI=1S/C24H32N4O5S/c1-2-33-21-10-8-20(9-11-21)27-34(31,32)22-12-6-18(7-13-22)24(30)26-14-4-16-28-15-3-5-19(17-28)23(25)29/h6-13,19,27H,2-5,14-17H2,1H3,(H2,25,29)(H,26,30). The molecule has 2 aromatic rings. The second kappa shape index (κ2) is 11.8. The van der Waals surface area contributed by atoms with Crippen LogP contribution in [0, 0.1) is 5.92 Å². The molecule has 1 atom stereocenters. The van der Waals surface area contributed by atoms with Crippen molar-refractivity contribution in [1.82, 2.24) is 10.2 Å². The summed E-state index contributed by atoms with van der Waals surface area (Å²) in [4.78, 5) is 26.1. The smallest absolute Gasteiger partial charge is 0.261 e. The van der Waals surface area contributed by atoms with E-state index in [2.05, 4.69) is 14.9 Å². The highest BCUT2D eigenvalue weighted by atomic mass is 32.2. The molecule has 10 heteroatoms. The van der Waals surface area contributed by atoms with Gasteiger partial charge in [-0.05, 0) is 87.8 Å². The quantitative estimate of drug-likeness (QED) is 0.416. The van der Waals surface area contributed by atoms with Crippen molar-refractivity contribution in [1.29, 1.82) is 0 Å². The maximum atomic E-state index is 12.6. The maximum Gasteiger partial charge on any atom is 0.261 e. The molecule has 2 aromatic carbocycles. The van der Waals surface area contributed by atoms with Crippen molar-refractivity contribution in [2.45, 2.75) is 31.1 Å². The first-order chi connectivity index (χ1) is 16.3. The lowest BCUT2D eigenvalue weighted by Crippen LogP contribution is -2.42. The Kier molecular flexibility index (Phi) is 8.89. The number of hydrogen-bond donors (Lipinski definition) is 3. The van der Waals surface area contributed by atoms with Crippen LogP contribution < -0.4 is 20.5 Å². The average Bonchev–Trinajstić information content (AvgIpc) is 2.83. The molecule has 2 amide bonds. The van der Waals surface area contributed by atoms with Crippen LogP contribution in [0.1, 0.15) is 36.5 Å². The first-order valence-corrected chi connectivity index (χ1v) is 12.9. The van der Waals surface area contributed by atoms with Crippen LogP contribution in [0.5, 0.6) is 5.75 Å². The van der Waals surface area contributed by atoms with Crippen molar-refractivity contribution < 1.29 is 22.7 Å². The molecule has 4 N–H and O–H groups in total. The first-order valence-electron chi connectivity index (χ1n) is 11.4. The molecule has 1 heterocycles. The van der Waals surface area contributed by atoms with Gasteiger partial charge in [-0.2, -0.15) is 0 Å². The number of benzene rings is 2. The number of hydrogen-bond acceptors (Lipinski definition) is 6. The van der Waals surface area contributed by atoms with Crippen LogP contribution in [-0.2, 0) is 14.8 Å². The molecule has 1 aliphatic heterocycles. The molecule has 0 spiro atoms. The molecule has 34 heavy (non-hydrogen) atoms. The molecule has 3 rings (SSSR count). The number of nitrogens with zero attached hydrogens (tertiary/aromatic N) is 1. The molecule has 9 nitrogen and oxygen atoms in total. The highest BCUT2D eigenvalue weighted by molar-refractivity contribution is 7.92. The van der Waals surface area contributed by atoms with Crippen molar-refractivity contribution in [2.75, 3.05) is 37.5 Å². The van der Waals surface area contributed by atoms with Crippen molar-refractivity contribution >= 4 is 27.5 Å². The zero-order chi connectivity index (χ0) is 24.6. The van der Waals surface area contributed by atoms with Crippen molar-refractivity contribution in [3.05, 3.63) is 54.1 Å². The molecular weight excluding hydrogens is 456 g/mol. The van der Waals surface area contributed by atoms with Crippen LogP contribution in [0.15, 0.2) is 53.4 Å². The van der Waals surface area contributed by atoms with Gasteiger partial charge in [0.1, 0.15) is 5.75 Å². The summed E-state index contributed by atoms with van der Waals surface area (Å²) in [5.41, 5.74) is 6.21. The van der Waals surface area contributed by atoms with Crippen molar-refractivity contribution in [3.8, 4) is 5.75 Å².